The van der Waals surface area contributed by atoms with E-state index in [1.165, 1.54) is 30.5 Å². The number of halogens is 2. The van der Waals surface area contributed by atoms with Gasteiger partial charge in [0, 0.05) is 12.6 Å². The van der Waals surface area contributed by atoms with Crippen molar-refractivity contribution in [3.05, 3.63) is 59.1 Å². The van der Waals surface area contributed by atoms with Crippen molar-refractivity contribution in [3.63, 3.8) is 0 Å². The number of nitrogens with zero attached hydrogens (tertiary/aromatic N) is 2. The van der Waals surface area contributed by atoms with Crippen molar-refractivity contribution >= 4 is 17.4 Å². The van der Waals surface area contributed by atoms with Gasteiger partial charge < -0.3 is 10.6 Å². The molecule has 0 aliphatic heterocycles. The number of amides is 1. The summed E-state index contributed by atoms with van der Waals surface area (Å²) in [5, 5.41) is 5.44. The third kappa shape index (κ3) is 5.09. The zero-order valence-corrected chi connectivity index (χ0v) is 15.2. The molecule has 1 aromatic heterocycles. The first-order valence-corrected chi connectivity index (χ1v) is 9.06. The van der Waals surface area contributed by atoms with E-state index in [1.54, 1.807) is 6.92 Å². The molecule has 3 rings (SSSR count). The van der Waals surface area contributed by atoms with Crippen LogP contribution in [0.4, 0.5) is 20.3 Å². The van der Waals surface area contributed by atoms with Crippen molar-refractivity contribution in [1.29, 1.82) is 0 Å². The fourth-order valence-corrected chi connectivity index (χ4v) is 3.05. The molecule has 0 saturated carbocycles. The number of para-hydroxylation sites is 1. The van der Waals surface area contributed by atoms with E-state index in [0.717, 1.165) is 31.4 Å². The first kappa shape index (κ1) is 18.9. The summed E-state index contributed by atoms with van der Waals surface area (Å²) in [5.41, 5.74) is 0.995. The fraction of sp³-hybridized carbons (Fsp3) is 0.350. The third-order valence-electron chi connectivity index (χ3n) is 4.41. The molecule has 1 heterocycles. The van der Waals surface area contributed by atoms with Crippen LogP contribution < -0.4 is 10.6 Å². The van der Waals surface area contributed by atoms with E-state index in [0.29, 0.717) is 18.2 Å². The van der Waals surface area contributed by atoms with Crippen molar-refractivity contribution in [2.75, 3.05) is 17.2 Å². The summed E-state index contributed by atoms with van der Waals surface area (Å²) >= 11 is 0. The normalized spacial score (nSPS) is 13.8. The number of hydrogen-bond donors (Lipinski definition) is 2. The van der Waals surface area contributed by atoms with Crippen molar-refractivity contribution in [2.24, 2.45) is 0 Å². The highest BCUT2D eigenvalue weighted by atomic mass is 19.1. The van der Waals surface area contributed by atoms with Crippen molar-refractivity contribution in [3.8, 4) is 0 Å². The minimum Gasteiger partial charge on any atom is -0.370 e. The highest BCUT2D eigenvalue weighted by Crippen LogP contribution is 2.21. The Hall–Kier alpha value is -2.83. The Bertz CT molecular complexity index is 847. The lowest BCUT2D eigenvalue weighted by Gasteiger charge is -2.13. The summed E-state index contributed by atoms with van der Waals surface area (Å²) in [5.74, 6) is -1.46. The van der Waals surface area contributed by atoms with E-state index in [4.69, 9.17) is 0 Å². The summed E-state index contributed by atoms with van der Waals surface area (Å²) in [7, 11) is 0. The molecule has 0 saturated heterocycles. The highest BCUT2D eigenvalue weighted by molar-refractivity contribution is 6.03. The van der Waals surface area contributed by atoms with E-state index in [2.05, 4.69) is 26.7 Å². The number of carbonyl (C=O) groups is 1. The molecule has 0 bridgehead atoms. The van der Waals surface area contributed by atoms with Gasteiger partial charge in [-0.1, -0.05) is 17.7 Å². The average Bonchev–Trinajstić information content (AvgIpc) is 2.65. The number of aryl methyl sites for hydroxylation is 1. The van der Waals surface area contributed by atoms with Gasteiger partial charge in [-0.15, -0.1) is 0 Å². The second kappa shape index (κ2) is 8.70. The Morgan fingerprint density at radius 1 is 1.19 bits per heavy atom. The lowest BCUT2D eigenvalue weighted by atomic mass is 9.97. The number of benzene rings is 1. The van der Waals surface area contributed by atoms with E-state index in [1.807, 2.05) is 0 Å². The Morgan fingerprint density at radius 3 is 2.67 bits per heavy atom. The molecule has 1 amide bonds. The van der Waals surface area contributed by atoms with Gasteiger partial charge in [0.2, 0.25) is 0 Å². The first-order chi connectivity index (χ1) is 13.0. The molecule has 2 aromatic rings. The maximum absolute atomic E-state index is 13.7. The van der Waals surface area contributed by atoms with Gasteiger partial charge in [0.15, 0.2) is 0 Å². The van der Waals surface area contributed by atoms with Crippen LogP contribution in [0.2, 0.25) is 0 Å². The maximum Gasteiger partial charge on any atom is 0.274 e. The Balaban J connectivity index is 1.67. The van der Waals surface area contributed by atoms with E-state index in [9.17, 15) is 13.6 Å². The van der Waals surface area contributed by atoms with Crippen LogP contribution in [0.25, 0.3) is 0 Å². The van der Waals surface area contributed by atoms with Gasteiger partial charge in [-0.05, 0) is 51.2 Å². The van der Waals surface area contributed by atoms with Gasteiger partial charge in [-0.3, -0.25) is 4.79 Å². The zero-order valence-electron chi connectivity index (χ0n) is 15.2. The smallest absolute Gasteiger partial charge is 0.274 e. The van der Waals surface area contributed by atoms with Gasteiger partial charge in [0.1, 0.15) is 34.7 Å². The van der Waals surface area contributed by atoms with Gasteiger partial charge in [-0.25, -0.2) is 18.7 Å². The van der Waals surface area contributed by atoms with Crippen LogP contribution in [0.15, 0.2) is 35.9 Å². The van der Waals surface area contributed by atoms with Gasteiger partial charge in [-0.2, -0.15) is 0 Å². The number of hydrogen-bond acceptors (Lipinski definition) is 4. The second-order valence-corrected chi connectivity index (χ2v) is 6.52. The molecule has 1 aromatic carbocycles. The molecule has 0 radical (unpaired) electrons. The zero-order chi connectivity index (χ0) is 19.2. The van der Waals surface area contributed by atoms with Crippen LogP contribution in [0.1, 0.15) is 48.4 Å². The Kier molecular flexibility index (Phi) is 6.11. The number of nitrogens with one attached hydrogen (secondary N) is 2. The number of anilines is 2. The van der Waals surface area contributed by atoms with E-state index < -0.39 is 23.2 Å². The van der Waals surface area contributed by atoms with Crippen molar-refractivity contribution < 1.29 is 13.6 Å². The van der Waals surface area contributed by atoms with Crippen molar-refractivity contribution in [1.82, 2.24) is 9.97 Å². The Labute approximate surface area is 156 Å². The van der Waals surface area contributed by atoms with Crippen LogP contribution in [-0.4, -0.2) is 22.4 Å². The molecule has 0 unspecified atom stereocenters. The average molecular weight is 372 g/mol. The molecule has 1 aliphatic carbocycles. The first-order valence-electron chi connectivity index (χ1n) is 9.06. The number of rotatable bonds is 6. The molecule has 27 heavy (non-hydrogen) atoms. The Morgan fingerprint density at radius 2 is 1.96 bits per heavy atom. The summed E-state index contributed by atoms with van der Waals surface area (Å²) in [6.07, 6.45) is 7.97. The summed E-state index contributed by atoms with van der Waals surface area (Å²) in [4.78, 5) is 20.7. The lowest BCUT2D eigenvalue weighted by Crippen LogP contribution is -2.17. The summed E-state index contributed by atoms with van der Waals surface area (Å²) in [6.45, 7) is 2.36. The highest BCUT2D eigenvalue weighted by Gasteiger charge is 2.16. The standard InChI is InChI=1S/C20H22F2N4O/c1-13-24-17(20(27)26-19-15(21)8-5-9-16(19)22)12-18(25-13)23-11-10-14-6-3-2-4-7-14/h5-6,8-9,12H,2-4,7,10-11H2,1H3,(H,26,27)(H,23,24,25). The largest absolute Gasteiger partial charge is 0.370 e. The second-order valence-electron chi connectivity index (χ2n) is 6.52. The SMILES string of the molecule is Cc1nc(NCCC2=CCCCC2)cc(C(=O)Nc2c(F)cccc2F)n1. The van der Waals surface area contributed by atoms with Crippen LogP contribution >= 0.6 is 0 Å². The van der Waals surface area contributed by atoms with Crippen LogP contribution in [-0.2, 0) is 0 Å². The van der Waals surface area contributed by atoms with Gasteiger partial charge in [0.25, 0.3) is 5.91 Å². The molecule has 5 nitrogen and oxygen atoms in total. The molecular formula is C20H22F2N4O. The quantitative estimate of drug-likeness (QED) is 0.726. The molecule has 1 aliphatic rings. The topological polar surface area (TPSA) is 66.9 Å². The molecule has 0 spiro atoms. The molecule has 0 atom stereocenters. The molecule has 142 valence electrons. The van der Waals surface area contributed by atoms with Gasteiger partial charge >= 0.3 is 0 Å². The molecule has 0 fully saturated rings. The van der Waals surface area contributed by atoms with E-state index in [-0.39, 0.29) is 5.69 Å². The molecule has 7 heteroatoms. The molecular weight excluding hydrogens is 350 g/mol. The fourth-order valence-electron chi connectivity index (χ4n) is 3.05. The van der Waals surface area contributed by atoms with Crippen LogP contribution in [0.3, 0.4) is 0 Å². The van der Waals surface area contributed by atoms with Crippen LogP contribution in [0, 0.1) is 18.6 Å². The molecule has 2 N–H and O–H groups in total. The number of allylic oxidation sites excluding steroid dienone is 1. The van der Waals surface area contributed by atoms with E-state index >= 15 is 0 Å². The predicted molar refractivity (Wildman–Crippen MR) is 101 cm³/mol. The number of aromatic nitrogens is 2. The van der Waals surface area contributed by atoms with Gasteiger partial charge in [0.05, 0.1) is 0 Å². The van der Waals surface area contributed by atoms with Crippen LogP contribution in [0.5, 0.6) is 0 Å². The third-order valence-corrected chi connectivity index (χ3v) is 4.41. The minimum absolute atomic E-state index is 0.0459. The predicted octanol–water partition coefficient (Wildman–Crippen LogP) is 4.62. The monoisotopic (exact) mass is 372 g/mol. The lowest BCUT2D eigenvalue weighted by molar-refractivity contribution is 0.102. The minimum atomic E-state index is -0.840. The summed E-state index contributed by atoms with van der Waals surface area (Å²) in [6, 6.07) is 4.88. The summed E-state index contributed by atoms with van der Waals surface area (Å²) < 4.78 is 27.4. The van der Waals surface area contributed by atoms with Crippen molar-refractivity contribution in [2.45, 2.75) is 39.0 Å². The maximum atomic E-state index is 13.7. The number of carbonyl (C=O) groups excluding carboxylic acids is 1.